The molecule has 0 heterocycles. The molecule has 2 heteroatoms. The molecule has 1 nitrogen and oxygen atoms in total. The monoisotopic (exact) mass is 296 g/mol. The summed E-state index contributed by atoms with van der Waals surface area (Å²) in [4.78, 5) is 0. The largest absolute Gasteiger partial charge is 0.396 e. The lowest BCUT2D eigenvalue weighted by Crippen LogP contribution is -1.88. The van der Waals surface area contributed by atoms with E-state index < -0.39 is 0 Å². The molecule has 1 N–H and O–H groups in total. The van der Waals surface area contributed by atoms with Crippen LogP contribution in [-0.2, 0) is 0 Å². The number of allylic oxidation sites excluding steroid dienone is 6. The zero-order chi connectivity index (χ0) is 15.2. The first-order valence-electron chi connectivity index (χ1n) is 7.69. The molecule has 0 bridgehead atoms. The van der Waals surface area contributed by atoms with Crippen molar-refractivity contribution in [2.45, 2.75) is 59.8 Å². The number of aliphatic hydroxyl groups excluding tert-OH is 1. The Balaban J connectivity index is 3.74. The Morgan fingerprint density at radius 3 is 1.90 bits per heavy atom. The second-order valence-electron chi connectivity index (χ2n) is 5.58. The van der Waals surface area contributed by atoms with Crippen LogP contribution < -0.4 is 0 Å². The summed E-state index contributed by atoms with van der Waals surface area (Å²) in [5.41, 5.74) is 4.41. The fourth-order valence-electron chi connectivity index (χ4n) is 1.89. The Morgan fingerprint density at radius 1 is 0.800 bits per heavy atom. The van der Waals surface area contributed by atoms with Gasteiger partial charge in [0.15, 0.2) is 0 Å². The molecule has 0 aliphatic rings. The van der Waals surface area contributed by atoms with Gasteiger partial charge in [-0.1, -0.05) is 34.9 Å². The smallest absolute Gasteiger partial charge is 0.0521 e. The molecule has 0 aromatic heterocycles. The predicted molar refractivity (Wildman–Crippen MR) is 94.4 cm³/mol. The molecule has 0 radical (unpaired) electrons. The Morgan fingerprint density at radius 2 is 1.35 bits per heavy atom. The van der Waals surface area contributed by atoms with E-state index in [0.717, 1.165) is 24.3 Å². The van der Waals surface area contributed by atoms with Gasteiger partial charge in [0.1, 0.15) is 0 Å². The third-order valence-corrected chi connectivity index (χ3v) is 4.11. The molecule has 0 fully saturated rings. The van der Waals surface area contributed by atoms with Crippen molar-refractivity contribution < 1.29 is 5.11 Å². The maximum atomic E-state index is 8.69. The average molecular weight is 297 g/mol. The van der Waals surface area contributed by atoms with Gasteiger partial charge in [0, 0.05) is 5.75 Å². The van der Waals surface area contributed by atoms with Crippen molar-refractivity contribution in [1.29, 1.82) is 0 Å². The molecule has 0 aromatic rings. The number of hydrogen-bond donors (Lipinski definition) is 1. The minimum absolute atomic E-state index is 0.296. The van der Waals surface area contributed by atoms with Gasteiger partial charge >= 0.3 is 0 Å². The van der Waals surface area contributed by atoms with Crippen LogP contribution in [0.1, 0.15) is 59.8 Å². The van der Waals surface area contributed by atoms with Crippen LogP contribution in [0.4, 0.5) is 0 Å². The SMILES string of the molecule is CC(C)=CCCC(C)=CCCC(C)=CCCSCCO. The summed E-state index contributed by atoms with van der Waals surface area (Å²) >= 11 is 1.82. The summed E-state index contributed by atoms with van der Waals surface area (Å²) in [7, 11) is 0. The van der Waals surface area contributed by atoms with Gasteiger partial charge in [-0.05, 0) is 65.6 Å². The van der Waals surface area contributed by atoms with Crippen molar-refractivity contribution in [2.75, 3.05) is 18.1 Å². The number of hydrogen-bond acceptors (Lipinski definition) is 2. The zero-order valence-corrected chi connectivity index (χ0v) is 14.6. The molecule has 0 aromatic carbocycles. The minimum atomic E-state index is 0.296. The fourth-order valence-corrected chi connectivity index (χ4v) is 2.51. The van der Waals surface area contributed by atoms with Gasteiger partial charge in [-0.2, -0.15) is 11.8 Å². The molecular formula is C18H32OS. The lowest BCUT2D eigenvalue weighted by molar-refractivity contribution is 0.322. The van der Waals surface area contributed by atoms with Crippen molar-refractivity contribution >= 4 is 11.8 Å². The Labute approximate surface area is 130 Å². The molecule has 0 atom stereocenters. The predicted octanol–water partition coefficient (Wildman–Crippen LogP) is 5.52. The van der Waals surface area contributed by atoms with Gasteiger partial charge in [0.25, 0.3) is 0 Å². The maximum Gasteiger partial charge on any atom is 0.0521 e. The molecule has 0 rings (SSSR count). The third kappa shape index (κ3) is 14.0. The van der Waals surface area contributed by atoms with Gasteiger partial charge in [0.05, 0.1) is 6.61 Å². The number of thioether (sulfide) groups is 1. The van der Waals surface area contributed by atoms with Crippen LogP contribution in [0, 0.1) is 0 Å². The van der Waals surface area contributed by atoms with Crippen molar-refractivity contribution in [3.8, 4) is 0 Å². The van der Waals surface area contributed by atoms with Crippen LogP contribution in [0.5, 0.6) is 0 Å². The van der Waals surface area contributed by atoms with E-state index in [1.807, 2.05) is 11.8 Å². The molecule has 116 valence electrons. The van der Waals surface area contributed by atoms with Gasteiger partial charge in [-0.25, -0.2) is 0 Å². The summed E-state index contributed by atoms with van der Waals surface area (Å²) in [5.74, 6) is 1.98. The van der Waals surface area contributed by atoms with Crippen molar-refractivity contribution in [2.24, 2.45) is 0 Å². The Kier molecular flexibility index (Phi) is 13.2. The van der Waals surface area contributed by atoms with Crippen LogP contribution in [0.25, 0.3) is 0 Å². The third-order valence-electron chi connectivity index (χ3n) is 3.11. The fraction of sp³-hybridized carbons (Fsp3) is 0.667. The number of rotatable bonds is 11. The van der Waals surface area contributed by atoms with Crippen molar-refractivity contribution in [3.63, 3.8) is 0 Å². The lowest BCUT2D eigenvalue weighted by Gasteiger charge is -2.02. The first-order chi connectivity index (χ1) is 9.56. The molecule has 0 spiro atoms. The summed E-state index contributed by atoms with van der Waals surface area (Å²) < 4.78 is 0. The molecule has 20 heavy (non-hydrogen) atoms. The summed E-state index contributed by atoms with van der Waals surface area (Å²) in [5, 5.41) is 8.69. The number of aliphatic hydroxyl groups is 1. The molecular weight excluding hydrogens is 264 g/mol. The van der Waals surface area contributed by atoms with E-state index in [1.165, 1.54) is 36.0 Å². The second-order valence-corrected chi connectivity index (χ2v) is 6.81. The highest BCUT2D eigenvalue weighted by atomic mass is 32.2. The van der Waals surface area contributed by atoms with Crippen molar-refractivity contribution in [3.05, 3.63) is 34.9 Å². The standard InChI is InChI=1S/C18H32OS/c1-16(2)8-5-9-17(3)10-6-11-18(4)12-7-14-20-15-13-19/h8,10,12,19H,5-7,9,11,13-15H2,1-4H3. The van der Waals surface area contributed by atoms with Gasteiger partial charge < -0.3 is 5.11 Å². The van der Waals surface area contributed by atoms with Crippen LogP contribution in [-0.4, -0.2) is 23.2 Å². The minimum Gasteiger partial charge on any atom is -0.396 e. The molecule has 0 amide bonds. The van der Waals surface area contributed by atoms with Gasteiger partial charge in [-0.3, -0.25) is 0 Å². The molecule has 0 saturated heterocycles. The lowest BCUT2D eigenvalue weighted by atomic mass is 10.1. The Hall–Kier alpha value is -0.470. The second kappa shape index (κ2) is 13.5. The normalized spacial score (nSPS) is 12.7. The first-order valence-corrected chi connectivity index (χ1v) is 8.85. The first kappa shape index (κ1) is 19.5. The van der Waals surface area contributed by atoms with E-state index in [4.69, 9.17) is 5.11 Å². The van der Waals surface area contributed by atoms with Gasteiger partial charge in [-0.15, -0.1) is 0 Å². The van der Waals surface area contributed by atoms with Crippen molar-refractivity contribution in [1.82, 2.24) is 0 Å². The maximum absolute atomic E-state index is 8.69. The van der Waals surface area contributed by atoms with E-state index in [0.29, 0.717) is 6.61 Å². The van der Waals surface area contributed by atoms with E-state index in [9.17, 15) is 0 Å². The summed E-state index contributed by atoms with van der Waals surface area (Å²) in [6.45, 7) is 9.08. The van der Waals surface area contributed by atoms with E-state index in [-0.39, 0.29) is 0 Å². The van der Waals surface area contributed by atoms with Crippen LogP contribution in [0.15, 0.2) is 34.9 Å². The quantitative estimate of drug-likeness (QED) is 0.400. The molecule has 0 saturated carbocycles. The summed E-state index contributed by atoms with van der Waals surface area (Å²) in [6, 6.07) is 0. The highest BCUT2D eigenvalue weighted by Gasteiger charge is 1.92. The topological polar surface area (TPSA) is 20.2 Å². The molecule has 0 unspecified atom stereocenters. The van der Waals surface area contributed by atoms with E-state index in [1.54, 1.807) is 0 Å². The van der Waals surface area contributed by atoms with E-state index >= 15 is 0 Å². The van der Waals surface area contributed by atoms with E-state index in [2.05, 4.69) is 45.9 Å². The van der Waals surface area contributed by atoms with Crippen LogP contribution in [0.2, 0.25) is 0 Å². The van der Waals surface area contributed by atoms with Crippen LogP contribution in [0.3, 0.4) is 0 Å². The highest BCUT2D eigenvalue weighted by Crippen LogP contribution is 2.12. The summed E-state index contributed by atoms with van der Waals surface area (Å²) in [6.07, 6.45) is 12.9. The Bertz CT molecular complexity index is 322. The zero-order valence-electron chi connectivity index (χ0n) is 13.7. The van der Waals surface area contributed by atoms with Gasteiger partial charge in [0.2, 0.25) is 0 Å². The molecule has 0 aliphatic carbocycles. The van der Waals surface area contributed by atoms with Crippen LogP contribution >= 0.6 is 11.8 Å². The average Bonchev–Trinajstić information content (AvgIpc) is 2.38. The highest BCUT2D eigenvalue weighted by molar-refractivity contribution is 7.99. The molecule has 0 aliphatic heterocycles.